The van der Waals surface area contributed by atoms with Crippen molar-refractivity contribution in [3.8, 4) is 5.75 Å². The van der Waals surface area contributed by atoms with Crippen LogP contribution >= 0.6 is 0 Å². The molecule has 1 aliphatic rings. The van der Waals surface area contributed by atoms with Crippen molar-refractivity contribution in [1.29, 1.82) is 0 Å². The van der Waals surface area contributed by atoms with Crippen molar-refractivity contribution in [1.82, 2.24) is 0 Å². The number of carbonyl (C=O) groups excluding carboxylic acids is 2. The van der Waals surface area contributed by atoms with Gasteiger partial charge in [-0.05, 0) is 65.0 Å². The Balaban J connectivity index is 2.15. The number of rotatable bonds is 3. The molecule has 2 amide bonds. The van der Waals surface area contributed by atoms with Gasteiger partial charge in [-0.1, -0.05) is 0 Å². The van der Waals surface area contributed by atoms with Crippen molar-refractivity contribution in [2.75, 3.05) is 10.2 Å². The second-order valence-corrected chi connectivity index (χ2v) is 8.45. The number of hydrogen-bond donors (Lipinski definition) is 1. The molecule has 0 atom stereocenters. The number of carbonyl (C=O) groups is 2. The highest BCUT2D eigenvalue weighted by Crippen LogP contribution is 2.46. The molecule has 1 heterocycles. The molecule has 0 radical (unpaired) electrons. The third-order valence-corrected chi connectivity index (χ3v) is 4.32. The Kier molecular flexibility index (Phi) is 5.35. The number of benzene rings is 2. The molecule has 0 aliphatic carbocycles. The van der Waals surface area contributed by atoms with Gasteiger partial charge in [-0.25, -0.2) is 9.18 Å². The van der Waals surface area contributed by atoms with Crippen LogP contribution in [-0.2, 0) is 9.53 Å². The summed E-state index contributed by atoms with van der Waals surface area (Å²) in [4.78, 5) is 37.5. The highest BCUT2D eigenvalue weighted by Gasteiger charge is 2.43. The van der Waals surface area contributed by atoms with E-state index in [1.165, 1.54) is 49.1 Å². The Morgan fingerprint density at radius 1 is 1.23 bits per heavy atom. The molecule has 2 aromatic rings. The van der Waals surface area contributed by atoms with Gasteiger partial charge in [0.15, 0.2) is 11.4 Å². The zero-order valence-electron chi connectivity index (χ0n) is 17.7. The van der Waals surface area contributed by atoms with E-state index in [0.29, 0.717) is 5.69 Å². The molecular weight excluding hydrogens is 409 g/mol. The molecule has 0 aromatic heterocycles. The van der Waals surface area contributed by atoms with Crippen LogP contribution in [-0.4, -0.2) is 28.1 Å². The molecule has 0 bridgehead atoms. The fourth-order valence-electron chi connectivity index (χ4n) is 3.02. The quantitative estimate of drug-likeness (QED) is 0.546. The molecule has 9 nitrogen and oxygen atoms in total. The van der Waals surface area contributed by atoms with Crippen LogP contribution in [0, 0.1) is 15.9 Å². The monoisotopic (exact) mass is 431 g/mol. The molecule has 1 N–H and O–H groups in total. The van der Waals surface area contributed by atoms with Crippen LogP contribution in [0.25, 0.3) is 0 Å². The SMILES string of the molecule is CC(C)(C)OC(=O)Nc1cc2c(cc1[N+](=O)[O-])OC(C)(C)C(=O)N2c1ccc(F)cc1. The topological polar surface area (TPSA) is 111 Å². The summed E-state index contributed by atoms with van der Waals surface area (Å²) in [6, 6.07) is 7.58. The lowest BCUT2D eigenvalue weighted by atomic mass is 10.0. The van der Waals surface area contributed by atoms with Crippen LogP contribution in [0.15, 0.2) is 36.4 Å². The van der Waals surface area contributed by atoms with E-state index >= 15 is 0 Å². The number of ether oxygens (including phenoxy) is 2. The number of nitro benzene ring substituents is 1. The van der Waals surface area contributed by atoms with Crippen molar-refractivity contribution < 1.29 is 28.4 Å². The summed E-state index contributed by atoms with van der Waals surface area (Å²) in [5.74, 6) is -0.890. The lowest BCUT2D eigenvalue weighted by Gasteiger charge is -2.38. The minimum atomic E-state index is -1.34. The maximum atomic E-state index is 13.4. The van der Waals surface area contributed by atoms with Gasteiger partial charge >= 0.3 is 6.09 Å². The second-order valence-electron chi connectivity index (χ2n) is 8.45. The highest BCUT2D eigenvalue weighted by atomic mass is 19.1. The highest BCUT2D eigenvalue weighted by molar-refractivity contribution is 6.09. The van der Waals surface area contributed by atoms with Crippen LogP contribution in [0.5, 0.6) is 5.75 Å². The zero-order valence-corrected chi connectivity index (χ0v) is 17.7. The normalized spacial score (nSPS) is 15.0. The average Bonchev–Trinajstić information content (AvgIpc) is 2.62. The molecule has 10 heteroatoms. The van der Waals surface area contributed by atoms with Gasteiger partial charge in [0, 0.05) is 5.69 Å². The predicted octanol–water partition coefficient (Wildman–Crippen LogP) is 4.92. The van der Waals surface area contributed by atoms with E-state index in [9.17, 15) is 24.1 Å². The van der Waals surface area contributed by atoms with Crippen LogP contribution in [0.2, 0.25) is 0 Å². The number of nitro groups is 1. The molecule has 164 valence electrons. The third kappa shape index (κ3) is 4.57. The maximum absolute atomic E-state index is 13.4. The molecule has 2 aromatic carbocycles. The van der Waals surface area contributed by atoms with Crippen molar-refractivity contribution in [3.05, 3.63) is 52.3 Å². The Labute approximate surface area is 177 Å². The Morgan fingerprint density at radius 2 is 1.84 bits per heavy atom. The van der Waals surface area contributed by atoms with Gasteiger partial charge in [-0.15, -0.1) is 0 Å². The van der Waals surface area contributed by atoms with Crippen molar-refractivity contribution >= 4 is 34.7 Å². The number of fused-ring (bicyclic) bond motifs is 1. The largest absolute Gasteiger partial charge is 0.476 e. The molecule has 0 spiro atoms. The second kappa shape index (κ2) is 7.53. The van der Waals surface area contributed by atoms with Crippen LogP contribution < -0.4 is 15.0 Å². The van der Waals surface area contributed by atoms with Crippen LogP contribution in [0.1, 0.15) is 34.6 Å². The van der Waals surface area contributed by atoms with Gasteiger partial charge < -0.3 is 9.47 Å². The Morgan fingerprint density at radius 3 is 2.39 bits per heavy atom. The zero-order chi connectivity index (χ0) is 23.1. The van der Waals surface area contributed by atoms with E-state index in [2.05, 4.69) is 5.32 Å². The van der Waals surface area contributed by atoms with Gasteiger partial charge in [0.25, 0.3) is 11.6 Å². The first-order valence-electron chi connectivity index (χ1n) is 9.40. The smallest absolute Gasteiger partial charge is 0.412 e. The number of anilines is 3. The average molecular weight is 431 g/mol. The molecule has 0 saturated carbocycles. The molecular formula is C21H22FN3O6. The first kappa shape index (κ1) is 22.0. The lowest BCUT2D eigenvalue weighted by Crippen LogP contribution is -2.50. The van der Waals surface area contributed by atoms with E-state index in [-0.39, 0.29) is 17.1 Å². The number of hydrogen-bond acceptors (Lipinski definition) is 6. The van der Waals surface area contributed by atoms with Crippen molar-refractivity contribution in [3.63, 3.8) is 0 Å². The number of amides is 2. The minimum absolute atomic E-state index is 0.0652. The van der Waals surface area contributed by atoms with Gasteiger partial charge in [0.05, 0.1) is 16.7 Å². The lowest BCUT2D eigenvalue weighted by molar-refractivity contribution is -0.384. The van der Waals surface area contributed by atoms with E-state index in [4.69, 9.17) is 9.47 Å². The molecule has 0 saturated heterocycles. The van der Waals surface area contributed by atoms with Crippen molar-refractivity contribution in [2.24, 2.45) is 0 Å². The third-order valence-electron chi connectivity index (χ3n) is 4.32. The Bertz CT molecular complexity index is 1060. The standard InChI is InChI=1S/C21H22FN3O6/c1-20(2,3)31-19(27)23-14-10-16-17(11-15(14)25(28)29)30-21(4,5)18(26)24(16)13-8-6-12(22)7-9-13/h6-11H,1-5H3,(H,23,27). The summed E-state index contributed by atoms with van der Waals surface area (Å²) in [6.07, 6.45) is -0.896. The predicted molar refractivity (Wildman–Crippen MR) is 111 cm³/mol. The van der Waals surface area contributed by atoms with E-state index < -0.39 is 39.6 Å². The summed E-state index contributed by atoms with van der Waals surface area (Å²) in [7, 11) is 0. The number of nitrogens with one attached hydrogen (secondary N) is 1. The maximum Gasteiger partial charge on any atom is 0.412 e. The molecule has 0 fully saturated rings. The summed E-state index contributed by atoms with van der Waals surface area (Å²) in [5, 5.41) is 14.0. The molecule has 31 heavy (non-hydrogen) atoms. The first-order chi connectivity index (χ1) is 14.3. The fraction of sp³-hybridized carbons (Fsp3) is 0.333. The fourth-order valence-corrected chi connectivity index (χ4v) is 3.02. The van der Waals surface area contributed by atoms with Gasteiger partial charge in [0.1, 0.15) is 17.1 Å². The van der Waals surface area contributed by atoms with Crippen LogP contribution in [0.4, 0.5) is 31.9 Å². The summed E-state index contributed by atoms with van der Waals surface area (Å²) < 4.78 is 24.3. The summed E-state index contributed by atoms with van der Waals surface area (Å²) in [6.45, 7) is 8.00. The summed E-state index contributed by atoms with van der Waals surface area (Å²) >= 11 is 0. The van der Waals surface area contributed by atoms with E-state index in [1.54, 1.807) is 20.8 Å². The van der Waals surface area contributed by atoms with Crippen molar-refractivity contribution in [2.45, 2.75) is 45.8 Å². The molecule has 3 rings (SSSR count). The van der Waals surface area contributed by atoms with Gasteiger partial charge in [-0.3, -0.25) is 25.1 Å². The first-order valence-corrected chi connectivity index (χ1v) is 9.40. The Hall–Kier alpha value is -3.69. The number of nitrogens with zero attached hydrogens (tertiary/aromatic N) is 2. The van der Waals surface area contributed by atoms with E-state index in [1.807, 2.05) is 0 Å². The van der Waals surface area contributed by atoms with Crippen LogP contribution in [0.3, 0.4) is 0 Å². The van der Waals surface area contributed by atoms with Gasteiger partial charge in [-0.2, -0.15) is 0 Å². The molecule has 0 unspecified atom stereocenters. The van der Waals surface area contributed by atoms with E-state index in [0.717, 1.165) is 6.07 Å². The summed E-state index contributed by atoms with van der Waals surface area (Å²) in [5.41, 5.74) is -2.28. The molecule has 1 aliphatic heterocycles. The number of halogens is 1. The minimum Gasteiger partial charge on any atom is -0.476 e. The van der Waals surface area contributed by atoms with Gasteiger partial charge in [0.2, 0.25) is 0 Å².